The van der Waals surface area contributed by atoms with E-state index in [-0.39, 0.29) is 11.6 Å². The van der Waals surface area contributed by atoms with Crippen molar-refractivity contribution >= 4 is 33.1 Å². The molecule has 1 N–H and O–H groups in total. The minimum absolute atomic E-state index is 0.353. The van der Waals surface area contributed by atoms with E-state index in [0.29, 0.717) is 29.2 Å². The molecule has 1 amide bonds. The molecule has 1 heterocycles. The third-order valence-corrected chi connectivity index (χ3v) is 5.43. The van der Waals surface area contributed by atoms with Crippen LogP contribution in [0.5, 0.6) is 5.75 Å². The van der Waals surface area contributed by atoms with Crippen molar-refractivity contribution in [2.75, 3.05) is 11.5 Å². The van der Waals surface area contributed by atoms with E-state index in [1.807, 2.05) is 55.5 Å². The van der Waals surface area contributed by atoms with Gasteiger partial charge in [0.1, 0.15) is 11.6 Å². The minimum Gasteiger partial charge on any atom is -0.503 e. The first kappa shape index (κ1) is 20.2. The molecule has 0 fully saturated rings. The van der Waals surface area contributed by atoms with Crippen molar-refractivity contribution in [3.8, 4) is 5.75 Å². The number of amides is 1. The zero-order valence-electron chi connectivity index (χ0n) is 16.2. The van der Waals surface area contributed by atoms with Crippen LogP contribution in [-0.2, 0) is 4.79 Å². The molecule has 30 heavy (non-hydrogen) atoms. The highest BCUT2D eigenvalue weighted by Gasteiger charge is 2.42. The number of aliphatic hydroxyl groups excluding tert-OH is 1. The van der Waals surface area contributed by atoms with E-state index in [1.54, 1.807) is 17.0 Å². The molecule has 6 heteroatoms. The highest BCUT2D eigenvalue weighted by atomic mass is 79.9. The fourth-order valence-electron chi connectivity index (χ4n) is 3.68. The summed E-state index contributed by atoms with van der Waals surface area (Å²) in [5.74, 6) is -0.587. The summed E-state index contributed by atoms with van der Waals surface area (Å²) in [7, 11) is 0. The van der Waals surface area contributed by atoms with Gasteiger partial charge >= 0.3 is 0 Å². The highest BCUT2D eigenvalue weighted by Crippen LogP contribution is 2.46. The zero-order valence-corrected chi connectivity index (χ0v) is 17.8. The number of carbonyl (C=O) groups is 1. The van der Waals surface area contributed by atoms with Gasteiger partial charge in [-0.2, -0.15) is 0 Å². The number of benzene rings is 3. The van der Waals surface area contributed by atoms with Gasteiger partial charge < -0.3 is 9.84 Å². The maximum atomic E-state index is 13.5. The van der Waals surface area contributed by atoms with Gasteiger partial charge in [0.25, 0.3) is 5.91 Å². The molecule has 1 aliphatic heterocycles. The molecule has 152 valence electrons. The van der Waals surface area contributed by atoms with Crippen LogP contribution in [0.25, 0.3) is 5.57 Å². The summed E-state index contributed by atoms with van der Waals surface area (Å²) in [4.78, 5) is 14.7. The van der Waals surface area contributed by atoms with Gasteiger partial charge in [-0.1, -0.05) is 46.3 Å². The Kier molecular flexibility index (Phi) is 5.59. The Bertz CT molecular complexity index is 1130. The van der Waals surface area contributed by atoms with Crippen molar-refractivity contribution in [3.05, 3.63) is 100.0 Å². The number of rotatable bonds is 5. The Morgan fingerprint density at radius 2 is 1.80 bits per heavy atom. The first-order valence-electron chi connectivity index (χ1n) is 9.50. The van der Waals surface area contributed by atoms with Crippen LogP contribution in [0.4, 0.5) is 10.1 Å². The van der Waals surface area contributed by atoms with E-state index in [4.69, 9.17) is 4.74 Å². The summed E-state index contributed by atoms with van der Waals surface area (Å²) in [5, 5.41) is 10.8. The molecular weight excluding hydrogens is 449 g/mol. The summed E-state index contributed by atoms with van der Waals surface area (Å²) in [6.45, 7) is 2.41. The van der Waals surface area contributed by atoms with Gasteiger partial charge in [-0.05, 0) is 60.5 Å². The topological polar surface area (TPSA) is 49.8 Å². The first-order chi connectivity index (χ1) is 14.5. The van der Waals surface area contributed by atoms with Crippen LogP contribution in [0.2, 0.25) is 0 Å². The van der Waals surface area contributed by atoms with Gasteiger partial charge in [-0.15, -0.1) is 0 Å². The summed E-state index contributed by atoms with van der Waals surface area (Å²) >= 11 is 3.44. The molecule has 0 saturated carbocycles. The monoisotopic (exact) mass is 467 g/mol. The molecule has 0 saturated heterocycles. The fraction of sp³-hybridized carbons (Fsp3) is 0.125. The van der Waals surface area contributed by atoms with E-state index >= 15 is 0 Å². The lowest BCUT2D eigenvalue weighted by Gasteiger charge is -2.28. The van der Waals surface area contributed by atoms with Crippen LogP contribution >= 0.6 is 15.9 Å². The molecule has 4 nitrogen and oxygen atoms in total. The Balaban J connectivity index is 1.90. The van der Waals surface area contributed by atoms with E-state index in [2.05, 4.69) is 15.9 Å². The van der Waals surface area contributed by atoms with Crippen LogP contribution in [0.15, 0.2) is 83.0 Å². The number of hydrogen-bond donors (Lipinski definition) is 1. The van der Waals surface area contributed by atoms with Gasteiger partial charge in [0, 0.05) is 15.7 Å². The zero-order chi connectivity index (χ0) is 21.3. The van der Waals surface area contributed by atoms with Crippen LogP contribution < -0.4 is 9.64 Å². The molecule has 0 aliphatic carbocycles. The van der Waals surface area contributed by atoms with Crippen LogP contribution in [0, 0.1) is 5.82 Å². The second-order valence-electron chi connectivity index (χ2n) is 6.83. The molecular formula is C24H19BrFNO3. The molecule has 1 aliphatic rings. The van der Waals surface area contributed by atoms with Crippen LogP contribution in [0.3, 0.4) is 0 Å². The van der Waals surface area contributed by atoms with E-state index in [1.165, 1.54) is 12.1 Å². The van der Waals surface area contributed by atoms with E-state index in [0.717, 1.165) is 10.0 Å². The Hall–Kier alpha value is -3.12. The Labute approximate surface area is 182 Å². The summed E-state index contributed by atoms with van der Waals surface area (Å²) < 4.78 is 20.0. The van der Waals surface area contributed by atoms with Crippen molar-refractivity contribution < 1.29 is 19.0 Å². The molecule has 0 spiro atoms. The summed E-state index contributed by atoms with van der Waals surface area (Å²) in [6.07, 6.45) is 0. The van der Waals surface area contributed by atoms with Crippen LogP contribution in [0.1, 0.15) is 24.1 Å². The molecule has 3 aromatic carbocycles. The summed E-state index contributed by atoms with van der Waals surface area (Å²) in [6, 6.07) is 19.9. The second kappa shape index (κ2) is 8.32. The average molecular weight is 468 g/mol. The predicted molar refractivity (Wildman–Crippen MR) is 118 cm³/mol. The first-order valence-corrected chi connectivity index (χ1v) is 10.3. The Morgan fingerprint density at radius 3 is 2.50 bits per heavy atom. The molecule has 4 rings (SSSR count). The number of aliphatic hydroxyl groups is 1. The number of carbonyl (C=O) groups excluding carboxylic acids is 1. The van der Waals surface area contributed by atoms with Crippen molar-refractivity contribution in [2.24, 2.45) is 0 Å². The lowest BCUT2D eigenvalue weighted by Crippen LogP contribution is -2.30. The molecule has 1 unspecified atom stereocenters. The van der Waals surface area contributed by atoms with E-state index < -0.39 is 11.9 Å². The molecule has 1 atom stereocenters. The molecule has 0 radical (unpaired) electrons. The van der Waals surface area contributed by atoms with Crippen molar-refractivity contribution in [1.29, 1.82) is 0 Å². The smallest absolute Gasteiger partial charge is 0.294 e. The van der Waals surface area contributed by atoms with Crippen molar-refractivity contribution in [2.45, 2.75) is 13.0 Å². The van der Waals surface area contributed by atoms with Crippen molar-refractivity contribution in [1.82, 2.24) is 0 Å². The number of hydrogen-bond acceptors (Lipinski definition) is 3. The predicted octanol–water partition coefficient (Wildman–Crippen LogP) is 6.04. The number of nitrogens with zero attached hydrogens (tertiary/aromatic N) is 1. The van der Waals surface area contributed by atoms with Crippen LogP contribution in [-0.4, -0.2) is 17.6 Å². The maximum absolute atomic E-state index is 13.5. The third-order valence-electron chi connectivity index (χ3n) is 4.93. The van der Waals surface area contributed by atoms with Gasteiger partial charge in [-0.3, -0.25) is 9.69 Å². The normalized spacial score (nSPS) is 16.3. The standard InChI is InChI=1S/C24H19BrFNO3/c1-2-30-20-8-3-5-16(13-20)22-21(15-9-11-18(26)12-10-15)23(28)24(29)27(22)19-7-4-6-17(25)14-19/h3-14,22,28H,2H2,1H3. The average Bonchev–Trinajstić information content (AvgIpc) is 3.00. The lowest BCUT2D eigenvalue weighted by atomic mass is 9.93. The molecule has 0 bridgehead atoms. The third kappa shape index (κ3) is 3.71. The van der Waals surface area contributed by atoms with Gasteiger partial charge in [0.2, 0.25) is 0 Å². The molecule has 0 aromatic heterocycles. The van der Waals surface area contributed by atoms with Gasteiger partial charge in [0.15, 0.2) is 5.76 Å². The summed E-state index contributed by atoms with van der Waals surface area (Å²) in [5.41, 5.74) is 2.41. The minimum atomic E-state index is -0.599. The number of anilines is 1. The van der Waals surface area contributed by atoms with Crippen molar-refractivity contribution in [3.63, 3.8) is 0 Å². The SMILES string of the molecule is CCOc1cccc(C2C(c3ccc(F)cc3)=C(O)C(=O)N2c2cccc(Br)c2)c1. The van der Waals surface area contributed by atoms with Gasteiger partial charge in [0.05, 0.1) is 12.6 Å². The lowest BCUT2D eigenvalue weighted by molar-refractivity contribution is -0.117. The second-order valence-corrected chi connectivity index (χ2v) is 7.75. The van der Waals surface area contributed by atoms with Gasteiger partial charge in [-0.25, -0.2) is 4.39 Å². The largest absolute Gasteiger partial charge is 0.503 e. The number of ether oxygens (including phenoxy) is 1. The Morgan fingerprint density at radius 1 is 1.07 bits per heavy atom. The highest BCUT2D eigenvalue weighted by molar-refractivity contribution is 9.10. The maximum Gasteiger partial charge on any atom is 0.294 e. The molecule has 3 aromatic rings. The van der Waals surface area contributed by atoms with E-state index in [9.17, 15) is 14.3 Å². The number of halogens is 2. The quantitative estimate of drug-likeness (QED) is 0.497. The fourth-order valence-corrected chi connectivity index (χ4v) is 4.07.